The molecule has 0 amide bonds. The lowest BCUT2D eigenvalue weighted by Crippen LogP contribution is -2.55. The Morgan fingerprint density at radius 1 is 1.14 bits per heavy atom. The first-order valence-electron chi connectivity index (χ1n) is 5.56. The van der Waals surface area contributed by atoms with Crippen LogP contribution in [0.3, 0.4) is 0 Å². The average Bonchev–Trinajstić information content (AvgIpc) is 2.18. The van der Waals surface area contributed by atoms with Gasteiger partial charge in [-0.15, -0.1) is 0 Å². The van der Waals surface area contributed by atoms with Gasteiger partial charge in [-0.2, -0.15) is 0 Å². The molecule has 0 bridgehead atoms. The molecule has 2 aliphatic rings. The zero-order chi connectivity index (χ0) is 10.0. The first-order valence-corrected chi connectivity index (χ1v) is 5.56. The quantitative estimate of drug-likeness (QED) is 0.697. The summed E-state index contributed by atoms with van der Waals surface area (Å²) in [5.41, 5.74) is 0.641. The Balaban J connectivity index is 1.82. The van der Waals surface area contributed by atoms with E-state index in [9.17, 15) is 0 Å². The zero-order valence-electron chi connectivity index (χ0n) is 9.21. The number of hydrogen-bond donors (Lipinski definition) is 1. The van der Waals surface area contributed by atoms with E-state index in [2.05, 4.69) is 5.32 Å². The fourth-order valence-electron chi connectivity index (χ4n) is 2.84. The van der Waals surface area contributed by atoms with Gasteiger partial charge in [-0.1, -0.05) is 0 Å². The number of rotatable bonds is 3. The molecule has 1 N–H and O–H groups in total. The van der Waals surface area contributed by atoms with Gasteiger partial charge in [0.25, 0.3) is 0 Å². The van der Waals surface area contributed by atoms with E-state index in [4.69, 9.17) is 9.47 Å². The van der Waals surface area contributed by atoms with Crippen LogP contribution >= 0.6 is 0 Å². The van der Waals surface area contributed by atoms with Gasteiger partial charge in [0.05, 0.1) is 0 Å². The summed E-state index contributed by atoms with van der Waals surface area (Å²) in [5, 5.41) is 3.38. The monoisotopic (exact) mass is 199 g/mol. The van der Waals surface area contributed by atoms with Crippen LogP contribution in [0.25, 0.3) is 0 Å². The summed E-state index contributed by atoms with van der Waals surface area (Å²) in [7, 11) is 3.48. The SMILES string of the molecule is COC(OC)C1CCC2(CC1)CNC2. The highest BCUT2D eigenvalue weighted by Crippen LogP contribution is 2.42. The summed E-state index contributed by atoms with van der Waals surface area (Å²) in [4.78, 5) is 0. The van der Waals surface area contributed by atoms with Gasteiger partial charge in [-0.05, 0) is 31.1 Å². The van der Waals surface area contributed by atoms with Crippen LogP contribution in [0, 0.1) is 11.3 Å². The standard InChI is InChI=1S/C11H21NO2/c1-13-10(14-2)9-3-5-11(6-4-9)7-12-8-11/h9-10,12H,3-8H2,1-2H3. The maximum Gasteiger partial charge on any atom is 0.159 e. The van der Waals surface area contributed by atoms with Crippen LogP contribution in [0.2, 0.25) is 0 Å². The molecular weight excluding hydrogens is 178 g/mol. The van der Waals surface area contributed by atoms with Crippen molar-refractivity contribution in [1.29, 1.82) is 0 Å². The minimum absolute atomic E-state index is 0.0142. The minimum atomic E-state index is 0.0142. The normalized spacial score (nSPS) is 26.8. The van der Waals surface area contributed by atoms with Crippen molar-refractivity contribution in [2.45, 2.75) is 32.0 Å². The minimum Gasteiger partial charge on any atom is -0.356 e. The fraction of sp³-hybridized carbons (Fsp3) is 1.00. The second kappa shape index (κ2) is 4.17. The first-order chi connectivity index (χ1) is 6.79. The van der Waals surface area contributed by atoms with E-state index in [0.29, 0.717) is 11.3 Å². The third-order valence-corrected chi connectivity index (χ3v) is 3.94. The lowest BCUT2D eigenvalue weighted by atomic mass is 9.67. The molecule has 1 aliphatic heterocycles. The van der Waals surface area contributed by atoms with Crippen molar-refractivity contribution in [2.24, 2.45) is 11.3 Å². The molecule has 0 atom stereocenters. The van der Waals surface area contributed by atoms with E-state index in [1.165, 1.54) is 38.8 Å². The van der Waals surface area contributed by atoms with Crippen LogP contribution < -0.4 is 5.32 Å². The molecule has 2 fully saturated rings. The molecule has 1 saturated carbocycles. The molecule has 0 aromatic carbocycles. The Labute approximate surface area is 86.2 Å². The van der Waals surface area contributed by atoms with Gasteiger partial charge in [0, 0.05) is 33.2 Å². The Morgan fingerprint density at radius 2 is 1.71 bits per heavy atom. The van der Waals surface area contributed by atoms with Gasteiger partial charge in [0.2, 0.25) is 0 Å². The van der Waals surface area contributed by atoms with Crippen molar-refractivity contribution in [3.05, 3.63) is 0 Å². The van der Waals surface area contributed by atoms with Crippen LogP contribution in [0.1, 0.15) is 25.7 Å². The molecule has 0 aromatic rings. The van der Waals surface area contributed by atoms with Gasteiger partial charge in [-0.25, -0.2) is 0 Å². The van der Waals surface area contributed by atoms with Crippen molar-refractivity contribution in [2.75, 3.05) is 27.3 Å². The number of hydrogen-bond acceptors (Lipinski definition) is 3. The van der Waals surface area contributed by atoms with E-state index in [-0.39, 0.29) is 6.29 Å². The third-order valence-electron chi connectivity index (χ3n) is 3.94. The first kappa shape index (κ1) is 10.4. The number of nitrogens with one attached hydrogen (secondary N) is 1. The van der Waals surface area contributed by atoms with Crippen LogP contribution in [-0.4, -0.2) is 33.6 Å². The van der Waals surface area contributed by atoms with Crippen molar-refractivity contribution in [1.82, 2.24) is 5.32 Å². The Morgan fingerprint density at radius 3 is 2.07 bits per heavy atom. The van der Waals surface area contributed by atoms with Crippen LogP contribution in [0.4, 0.5) is 0 Å². The summed E-state index contributed by atoms with van der Waals surface area (Å²) in [6.07, 6.45) is 5.21. The second-order valence-corrected chi connectivity index (χ2v) is 4.78. The molecule has 1 saturated heterocycles. The van der Waals surface area contributed by atoms with Crippen molar-refractivity contribution < 1.29 is 9.47 Å². The highest BCUT2D eigenvalue weighted by atomic mass is 16.7. The van der Waals surface area contributed by atoms with Crippen molar-refractivity contribution in [3.63, 3.8) is 0 Å². The maximum atomic E-state index is 5.32. The lowest BCUT2D eigenvalue weighted by Gasteiger charge is -2.48. The van der Waals surface area contributed by atoms with Gasteiger partial charge in [-0.3, -0.25) is 0 Å². The summed E-state index contributed by atoms with van der Waals surface area (Å²) >= 11 is 0. The smallest absolute Gasteiger partial charge is 0.159 e. The van der Waals surface area contributed by atoms with Gasteiger partial charge in [0.15, 0.2) is 6.29 Å². The molecular formula is C11H21NO2. The topological polar surface area (TPSA) is 30.5 Å². The Kier molecular flexibility index (Phi) is 3.10. The molecule has 0 aromatic heterocycles. The molecule has 3 heteroatoms. The summed E-state index contributed by atoms with van der Waals surface area (Å²) in [6.45, 7) is 2.45. The maximum absolute atomic E-state index is 5.32. The molecule has 3 nitrogen and oxygen atoms in total. The molecule has 2 rings (SSSR count). The average molecular weight is 199 g/mol. The number of ether oxygens (including phenoxy) is 2. The fourth-order valence-corrected chi connectivity index (χ4v) is 2.84. The zero-order valence-corrected chi connectivity index (χ0v) is 9.21. The van der Waals surface area contributed by atoms with E-state index >= 15 is 0 Å². The van der Waals surface area contributed by atoms with E-state index < -0.39 is 0 Å². The Hall–Kier alpha value is -0.120. The highest BCUT2D eigenvalue weighted by Gasteiger charge is 2.41. The molecule has 0 unspecified atom stereocenters. The van der Waals surface area contributed by atoms with Gasteiger partial charge >= 0.3 is 0 Å². The third kappa shape index (κ3) is 1.81. The van der Waals surface area contributed by atoms with E-state index in [1.54, 1.807) is 14.2 Å². The second-order valence-electron chi connectivity index (χ2n) is 4.78. The van der Waals surface area contributed by atoms with Gasteiger partial charge in [0.1, 0.15) is 0 Å². The molecule has 82 valence electrons. The molecule has 1 spiro atoms. The molecule has 1 aliphatic carbocycles. The molecule has 1 heterocycles. The predicted octanol–water partition coefficient (Wildman–Crippen LogP) is 1.39. The number of methoxy groups -OCH3 is 2. The van der Waals surface area contributed by atoms with Crippen molar-refractivity contribution >= 4 is 0 Å². The molecule has 0 radical (unpaired) electrons. The predicted molar refractivity (Wildman–Crippen MR) is 55.1 cm³/mol. The van der Waals surface area contributed by atoms with Crippen LogP contribution in [-0.2, 0) is 9.47 Å². The van der Waals surface area contributed by atoms with Crippen LogP contribution in [0.15, 0.2) is 0 Å². The summed E-state index contributed by atoms with van der Waals surface area (Å²) in [5.74, 6) is 0.608. The molecule has 14 heavy (non-hydrogen) atoms. The van der Waals surface area contributed by atoms with Crippen LogP contribution in [0.5, 0.6) is 0 Å². The summed E-state index contributed by atoms with van der Waals surface area (Å²) in [6, 6.07) is 0. The van der Waals surface area contributed by atoms with E-state index in [1.807, 2.05) is 0 Å². The summed E-state index contributed by atoms with van der Waals surface area (Å²) < 4.78 is 10.6. The van der Waals surface area contributed by atoms with Gasteiger partial charge < -0.3 is 14.8 Å². The van der Waals surface area contributed by atoms with Crippen molar-refractivity contribution in [3.8, 4) is 0 Å². The van der Waals surface area contributed by atoms with E-state index in [0.717, 1.165) is 0 Å². The lowest BCUT2D eigenvalue weighted by molar-refractivity contribution is -0.151. The Bertz CT molecular complexity index is 178. The largest absolute Gasteiger partial charge is 0.356 e. The highest BCUT2D eigenvalue weighted by molar-refractivity contribution is 4.95.